The second-order valence-corrected chi connectivity index (χ2v) is 3.28. The van der Waals surface area contributed by atoms with Crippen LogP contribution in [0.25, 0.3) is 5.69 Å². The fourth-order valence-electron chi connectivity index (χ4n) is 1.53. The van der Waals surface area contributed by atoms with Crippen molar-refractivity contribution in [1.82, 2.24) is 4.57 Å². The van der Waals surface area contributed by atoms with Gasteiger partial charge in [-0.05, 0) is 24.3 Å². The van der Waals surface area contributed by atoms with Crippen molar-refractivity contribution in [3.8, 4) is 5.69 Å². The number of hydrogen-bond donors (Lipinski definition) is 1. The zero-order chi connectivity index (χ0) is 10.5. The number of nitrogens with one attached hydrogen (secondary N) is 1. The number of anilines is 1. The van der Waals surface area contributed by atoms with Gasteiger partial charge < -0.3 is 9.88 Å². The minimum Gasteiger partial charge on any atom is -0.380 e. The maximum atomic E-state index is 3.70. The summed E-state index contributed by atoms with van der Waals surface area (Å²) in [6.07, 6.45) is 5.93. The Morgan fingerprint density at radius 2 is 1.87 bits per heavy atom. The molecule has 1 aromatic carbocycles. The Hall–Kier alpha value is -1.96. The molecule has 1 aromatic heterocycles. The highest BCUT2D eigenvalue weighted by Crippen LogP contribution is 2.19. The Labute approximate surface area is 89.9 Å². The van der Waals surface area contributed by atoms with Gasteiger partial charge >= 0.3 is 0 Å². The van der Waals surface area contributed by atoms with E-state index in [1.54, 1.807) is 0 Å². The fourth-order valence-corrected chi connectivity index (χ4v) is 1.53. The summed E-state index contributed by atoms with van der Waals surface area (Å²) >= 11 is 0. The molecule has 76 valence electrons. The first-order chi connectivity index (χ1) is 7.42. The molecule has 1 N–H and O–H groups in total. The third kappa shape index (κ3) is 2.10. The molecule has 0 radical (unpaired) electrons. The van der Waals surface area contributed by atoms with E-state index in [0.29, 0.717) is 0 Å². The Kier molecular flexibility index (Phi) is 2.88. The predicted molar refractivity (Wildman–Crippen MR) is 64.5 cm³/mol. The van der Waals surface area contributed by atoms with Gasteiger partial charge in [0.05, 0.1) is 11.4 Å². The fraction of sp³-hybridized carbons (Fsp3) is 0.0769. The first-order valence-corrected chi connectivity index (χ1v) is 4.99. The lowest BCUT2D eigenvalue weighted by atomic mass is 10.2. The number of rotatable bonds is 4. The maximum absolute atomic E-state index is 3.70. The van der Waals surface area contributed by atoms with Gasteiger partial charge in [-0.3, -0.25) is 0 Å². The van der Waals surface area contributed by atoms with E-state index in [1.165, 1.54) is 0 Å². The number of nitrogens with zero attached hydrogens (tertiary/aromatic N) is 1. The Bertz CT molecular complexity index is 430. The summed E-state index contributed by atoms with van der Waals surface area (Å²) in [5.41, 5.74) is 2.28. The average Bonchev–Trinajstić information content (AvgIpc) is 2.80. The van der Waals surface area contributed by atoms with E-state index < -0.39 is 0 Å². The Morgan fingerprint density at radius 1 is 1.13 bits per heavy atom. The van der Waals surface area contributed by atoms with Crippen molar-refractivity contribution in [1.29, 1.82) is 0 Å². The van der Waals surface area contributed by atoms with Crippen LogP contribution in [0, 0.1) is 0 Å². The topological polar surface area (TPSA) is 17.0 Å². The van der Waals surface area contributed by atoms with Gasteiger partial charge in [-0.25, -0.2) is 0 Å². The number of benzene rings is 1. The molecule has 0 aliphatic heterocycles. The second kappa shape index (κ2) is 4.51. The van der Waals surface area contributed by atoms with E-state index in [2.05, 4.69) is 28.6 Å². The van der Waals surface area contributed by atoms with Gasteiger partial charge in [0.15, 0.2) is 0 Å². The molecule has 0 fully saturated rings. The summed E-state index contributed by atoms with van der Waals surface area (Å²) in [6, 6.07) is 12.3. The molecule has 0 aliphatic carbocycles. The van der Waals surface area contributed by atoms with Crippen LogP contribution in [-0.2, 0) is 0 Å². The van der Waals surface area contributed by atoms with E-state index in [-0.39, 0.29) is 0 Å². The SMILES string of the molecule is C=CCNc1ccccc1-n1cccc1. The van der Waals surface area contributed by atoms with Crippen molar-refractivity contribution in [2.45, 2.75) is 0 Å². The van der Waals surface area contributed by atoms with E-state index in [1.807, 2.05) is 42.7 Å². The van der Waals surface area contributed by atoms with Crippen LogP contribution < -0.4 is 5.32 Å². The zero-order valence-electron chi connectivity index (χ0n) is 8.56. The van der Waals surface area contributed by atoms with E-state index in [4.69, 9.17) is 0 Å². The van der Waals surface area contributed by atoms with Crippen molar-refractivity contribution in [2.75, 3.05) is 11.9 Å². The van der Waals surface area contributed by atoms with Crippen LogP contribution in [0.2, 0.25) is 0 Å². The molecule has 2 rings (SSSR count). The first-order valence-electron chi connectivity index (χ1n) is 4.99. The van der Waals surface area contributed by atoms with Gasteiger partial charge in [-0.15, -0.1) is 6.58 Å². The van der Waals surface area contributed by atoms with Gasteiger partial charge in [0.1, 0.15) is 0 Å². The van der Waals surface area contributed by atoms with Crippen LogP contribution >= 0.6 is 0 Å². The van der Waals surface area contributed by atoms with Crippen LogP contribution in [0.5, 0.6) is 0 Å². The molecule has 0 aliphatic rings. The highest BCUT2D eigenvalue weighted by molar-refractivity contribution is 5.61. The highest BCUT2D eigenvalue weighted by atomic mass is 15.0. The van der Waals surface area contributed by atoms with Crippen LogP contribution in [0.15, 0.2) is 61.4 Å². The van der Waals surface area contributed by atoms with Gasteiger partial charge in [0, 0.05) is 18.9 Å². The van der Waals surface area contributed by atoms with Gasteiger partial charge in [0.25, 0.3) is 0 Å². The zero-order valence-corrected chi connectivity index (χ0v) is 8.56. The predicted octanol–water partition coefficient (Wildman–Crippen LogP) is 3.08. The standard InChI is InChI=1S/C13H14N2/c1-2-9-14-12-7-3-4-8-13(12)15-10-5-6-11-15/h2-8,10-11,14H,1,9H2. The van der Waals surface area contributed by atoms with E-state index in [9.17, 15) is 0 Å². The largest absolute Gasteiger partial charge is 0.380 e. The third-order valence-corrected chi connectivity index (χ3v) is 2.22. The van der Waals surface area contributed by atoms with Crippen LogP contribution in [0.4, 0.5) is 5.69 Å². The van der Waals surface area contributed by atoms with Gasteiger partial charge in [-0.1, -0.05) is 18.2 Å². The smallest absolute Gasteiger partial charge is 0.0682 e. The second-order valence-electron chi connectivity index (χ2n) is 3.28. The number of hydrogen-bond acceptors (Lipinski definition) is 1. The molecule has 0 spiro atoms. The lowest BCUT2D eigenvalue weighted by Gasteiger charge is -2.11. The Balaban J connectivity index is 2.34. The Morgan fingerprint density at radius 3 is 2.60 bits per heavy atom. The average molecular weight is 198 g/mol. The molecular formula is C13H14N2. The summed E-state index contributed by atoms with van der Waals surface area (Å²) in [5, 5.41) is 3.31. The summed E-state index contributed by atoms with van der Waals surface area (Å²) in [6.45, 7) is 4.47. The summed E-state index contributed by atoms with van der Waals surface area (Å²) in [5.74, 6) is 0. The van der Waals surface area contributed by atoms with Crippen molar-refractivity contribution >= 4 is 5.69 Å². The molecule has 2 nitrogen and oxygen atoms in total. The summed E-state index contributed by atoms with van der Waals surface area (Å²) in [7, 11) is 0. The van der Waals surface area contributed by atoms with Crippen molar-refractivity contribution < 1.29 is 0 Å². The highest BCUT2D eigenvalue weighted by Gasteiger charge is 2.00. The molecule has 2 heteroatoms. The molecule has 2 aromatic rings. The molecular weight excluding hydrogens is 184 g/mol. The van der Waals surface area contributed by atoms with Crippen LogP contribution in [-0.4, -0.2) is 11.1 Å². The lowest BCUT2D eigenvalue weighted by molar-refractivity contribution is 1.08. The lowest BCUT2D eigenvalue weighted by Crippen LogP contribution is -2.02. The van der Waals surface area contributed by atoms with E-state index >= 15 is 0 Å². The van der Waals surface area contributed by atoms with Gasteiger partial charge in [-0.2, -0.15) is 0 Å². The van der Waals surface area contributed by atoms with Crippen molar-refractivity contribution in [2.24, 2.45) is 0 Å². The molecule has 15 heavy (non-hydrogen) atoms. The molecule has 0 saturated heterocycles. The molecule has 0 atom stereocenters. The summed E-state index contributed by atoms with van der Waals surface area (Å²) in [4.78, 5) is 0. The molecule has 0 unspecified atom stereocenters. The first kappa shape index (κ1) is 9.59. The van der Waals surface area contributed by atoms with Crippen molar-refractivity contribution in [3.05, 3.63) is 61.4 Å². The quantitative estimate of drug-likeness (QED) is 0.747. The summed E-state index contributed by atoms with van der Waals surface area (Å²) < 4.78 is 2.09. The van der Waals surface area contributed by atoms with Crippen LogP contribution in [0.1, 0.15) is 0 Å². The minimum absolute atomic E-state index is 0.776. The van der Waals surface area contributed by atoms with E-state index in [0.717, 1.165) is 17.9 Å². The molecule has 0 amide bonds. The number of aromatic nitrogens is 1. The molecule has 0 saturated carbocycles. The molecule has 0 bridgehead atoms. The van der Waals surface area contributed by atoms with Crippen molar-refractivity contribution in [3.63, 3.8) is 0 Å². The molecule has 1 heterocycles. The third-order valence-electron chi connectivity index (χ3n) is 2.22. The van der Waals surface area contributed by atoms with Gasteiger partial charge in [0.2, 0.25) is 0 Å². The van der Waals surface area contributed by atoms with Crippen LogP contribution in [0.3, 0.4) is 0 Å². The maximum Gasteiger partial charge on any atom is 0.0682 e. The number of para-hydroxylation sites is 2. The minimum atomic E-state index is 0.776. The normalized spacial score (nSPS) is 9.87. The monoisotopic (exact) mass is 198 g/mol.